The second-order valence-electron chi connectivity index (χ2n) is 4.51. The summed E-state index contributed by atoms with van der Waals surface area (Å²) in [5.74, 6) is 0. The van der Waals surface area contributed by atoms with Crippen LogP contribution in [0.1, 0.15) is 11.3 Å². The van der Waals surface area contributed by atoms with Gasteiger partial charge in [0, 0.05) is 24.6 Å². The van der Waals surface area contributed by atoms with Gasteiger partial charge in [-0.3, -0.25) is 4.98 Å². The number of imidazole rings is 1. The van der Waals surface area contributed by atoms with Crippen molar-refractivity contribution >= 4 is 23.4 Å². The van der Waals surface area contributed by atoms with Gasteiger partial charge in [-0.15, -0.1) is 0 Å². The molecule has 5 heteroatoms. The van der Waals surface area contributed by atoms with Crippen LogP contribution in [0.25, 0.3) is 11.2 Å². The molecular formula is C14H14N4S. The number of aromatic nitrogens is 4. The van der Waals surface area contributed by atoms with E-state index in [4.69, 9.17) is 12.2 Å². The number of fused-ring (bicyclic) bond motifs is 1. The number of pyridine rings is 2. The van der Waals surface area contributed by atoms with E-state index < -0.39 is 0 Å². The van der Waals surface area contributed by atoms with Crippen molar-refractivity contribution in [2.24, 2.45) is 0 Å². The molecule has 0 saturated heterocycles. The minimum atomic E-state index is 0.724. The predicted octanol–water partition coefficient (Wildman–Crippen LogP) is 3.04. The Bertz CT molecular complexity index is 758. The minimum Gasteiger partial charge on any atom is -0.329 e. The molecule has 0 bridgehead atoms. The fourth-order valence-corrected chi connectivity index (χ4v) is 2.41. The molecule has 0 unspecified atom stereocenters. The van der Waals surface area contributed by atoms with Gasteiger partial charge in [-0.2, -0.15) is 0 Å². The lowest BCUT2D eigenvalue weighted by atomic mass is 10.2. The fraction of sp³-hybridized carbons (Fsp3) is 0.214. The van der Waals surface area contributed by atoms with Crippen molar-refractivity contribution in [3.8, 4) is 0 Å². The fourth-order valence-electron chi connectivity index (χ4n) is 2.12. The van der Waals surface area contributed by atoms with Gasteiger partial charge in [0.15, 0.2) is 10.4 Å². The predicted molar refractivity (Wildman–Crippen MR) is 77.6 cm³/mol. The van der Waals surface area contributed by atoms with Gasteiger partial charge >= 0.3 is 0 Å². The van der Waals surface area contributed by atoms with E-state index in [-0.39, 0.29) is 0 Å². The molecule has 0 fully saturated rings. The summed E-state index contributed by atoms with van der Waals surface area (Å²) in [5.41, 5.74) is 4.17. The molecule has 0 amide bonds. The van der Waals surface area contributed by atoms with Crippen LogP contribution >= 0.6 is 12.2 Å². The minimum absolute atomic E-state index is 0.724. The van der Waals surface area contributed by atoms with Crippen molar-refractivity contribution in [3.05, 3.63) is 52.7 Å². The first-order valence-electron chi connectivity index (χ1n) is 6.19. The van der Waals surface area contributed by atoms with E-state index in [1.807, 2.05) is 43.6 Å². The first-order chi connectivity index (χ1) is 9.24. The smallest absolute Gasteiger partial charge is 0.179 e. The van der Waals surface area contributed by atoms with Crippen LogP contribution in [0.5, 0.6) is 0 Å². The SMILES string of the molecule is Cc1ccc2[nH]c(=S)n(CCc3ccncc3)c2n1. The monoisotopic (exact) mass is 270 g/mol. The molecule has 0 saturated carbocycles. The summed E-state index contributed by atoms with van der Waals surface area (Å²) >= 11 is 5.37. The van der Waals surface area contributed by atoms with Crippen LogP contribution in [0.3, 0.4) is 0 Å². The van der Waals surface area contributed by atoms with Crippen molar-refractivity contribution in [2.45, 2.75) is 19.9 Å². The van der Waals surface area contributed by atoms with E-state index in [1.165, 1.54) is 5.56 Å². The molecule has 3 rings (SSSR count). The quantitative estimate of drug-likeness (QED) is 0.744. The number of aryl methyl sites for hydroxylation is 3. The third kappa shape index (κ3) is 2.42. The number of hydrogen-bond donors (Lipinski definition) is 1. The van der Waals surface area contributed by atoms with Gasteiger partial charge in [0.05, 0.1) is 5.52 Å². The highest BCUT2D eigenvalue weighted by molar-refractivity contribution is 7.71. The zero-order valence-electron chi connectivity index (χ0n) is 10.6. The molecule has 0 aromatic carbocycles. The Morgan fingerprint density at radius 2 is 2.00 bits per heavy atom. The molecule has 3 heterocycles. The molecule has 19 heavy (non-hydrogen) atoms. The molecule has 3 aromatic rings. The van der Waals surface area contributed by atoms with Crippen LogP contribution in [0.2, 0.25) is 0 Å². The summed E-state index contributed by atoms with van der Waals surface area (Å²) in [7, 11) is 0. The van der Waals surface area contributed by atoms with Gasteiger partial charge in [-0.05, 0) is 55.4 Å². The van der Waals surface area contributed by atoms with Crippen molar-refractivity contribution < 1.29 is 0 Å². The summed E-state index contributed by atoms with van der Waals surface area (Å²) in [6.07, 6.45) is 4.54. The summed E-state index contributed by atoms with van der Waals surface area (Å²) < 4.78 is 2.78. The third-order valence-corrected chi connectivity index (χ3v) is 3.45. The van der Waals surface area contributed by atoms with Gasteiger partial charge in [-0.25, -0.2) is 4.98 Å². The van der Waals surface area contributed by atoms with Crippen molar-refractivity contribution in [3.63, 3.8) is 0 Å². The van der Waals surface area contributed by atoms with Gasteiger partial charge in [0.2, 0.25) is 0 Å². The molecule has 0 spiro atoms. The lowest BCUT2D eigenvalue weighted by Gasteiger charge is -2.04. The summed E-state index contributed by atoms with van der Waals surface area (Å²) in [5, 5.41) is 0. The number of aromatic amines is 1. The summed E-state index contributed by atoms with van der Waals surface area (Å²) in [4.78, 5) is 11.8. The zero-order chi connectivity index (χ0) is 13.2. The van der Waals surface area contributed by atoms with Crippen molar-refractivity contribution in [1.82, 2.24) is 19.5 Å². The molecule has 3 aromatic heterocycles. The Hall–Kier alpha value is -2.01. The van der Waals surface area contributed by atoms with Gasteiger partial charge in [0.1, 0.15) is 0 Å². The van der Waals surface area contributed by atoms with Crippen LogP contribution in [0.4, 0.5) is 0 Å². The van der Waals surface area contributed by atoms with Gasteiger partial charge in [0.25, 0.3) is 0 Å². The maximum absolute atomic E-state index is 5.37. The lowest BCUT2D eigenvalue weighted by Crippen LogP contribution is -2.02. The highest BCUT2D eigenvalue weighted by Crippen LogP contribution is 2.13. The molecule has 1 N–H and O–H groups in total. The largest absolute Gasteiger partial charge is 0.329 e. The van der Waals surface area contributed by atoms with Crippen LogP contribution in [-0.2, 0) is 13.0 Å². The van der Waals surface area contributed by atoms with E-state index in [0.29, 0.717) is 0 Å². The lowest BCUT2D eigenvalue weighted by molar-refractivity contribution is 0.699. The Morgan fingerprint density at radius 1 is 1.21 bits per heavy atom. The number of H-pyrrole nitrogens is 1. The van der Waals surface area contributed by atoms with Crippen LogP contribution < -0.4 is 0 Å². The van der Waals surface area contributed by atoms with E-state index >= 15 is 0 Å². The molecule has 0 aliphatic rings. The second-order valence-corrected chi connectivity index (χ2v) is 4.90. The van der Waals surface area contributed by atoms with Gasteiger partial charge < -0.3 is 9.55 Å². The Morgan fingerprint density at radius 3 is 2.79 bits per heavy atom. The molecule has 0 aliphatic heterocycles. The zero-order valence-corrected chi connectivity index (χ0v) is 11.4. The highest BCUT2D eigenvalue weighted by atomic mass is 32.1. The Labute approximate surface area is 116 Å². The van der Waals surface area contributed by atoms with Crippen LogP contribution in [-0.4, -0.2) is 19.5 Å². The number of nitrogens with one attached hydrogen (secondary N) is 1. The first kappa shape index (κ1) is 12.0. The molecule has 0 aliphatic carbocycles. The normalized spacial score (nSPS) is 11.0. The van der Waals surface area contributed by atoms with Crippen molar-refractivity contribution in [1.29, 1.82) is 0 Å². The van der Waals surface area contributed by atoms with Crippen LogP contribution in [0, 0.1) is 11.7 Å². The summed E-state index contributed by atoms with van der Waals surface area (Å²) in [6.45, 7) is 2.81. The van der Waals surface area contributed by atoms with Gasteiger partial charge in [-0.1, -0.05) is 0 Å². The van der Waals surface area contributed by atoms with Crippen LogP contribution in [0.15, 0.2) is 36.7 Å². The molecule has 0 atom stereocenters. The second kappa shape index (κ2) is 4.93. The summed E-state index contributed by atoms with van der Waals surface area (Å²) in [6, 6.07) is 8.06. The van der Waals surface area contributed by atoms with Crippen molar-refractivity contribution in [2.75, 3.05) is 0 Å². The number of hydrogen-bond acceptors (Lipinski definition) is 3. The molecule has 96 valence electrons. The van der Waals surface area contributed by atoms with E-state index in [9.17, 15) is 0 Å². The average molecular weight is 270 g/mol. The topological polar surface area (TPSA) is 46.5 Å². The molecular weight excluding hydrogens is 256 g/mol. The standard InChI is InChI=1S/C14H14N4S/c1-10-2-3-12-13(16-10)18(14(19)17-12)9-6-11-4-7-15-8-5-11/h2-5,7-8H,6,9H2,1H3,(H,17,19). The Kier molecular flexibility index (Phi) is 3.13. The maximum Gasteiger partial charge on any atom is 0.179 e. The first-order valence-corrected chi connectivity index (χ1v) is 6.60. The third-order valence-electron chi connectivity index (χ3n) is 3.13. The highest BCUT2D eigenvalue weighted by Gasteiger charge is 2.06. The number of rotatable bonds is 3. The molecule has 0 radical (unpaired) electrons. The van der Waals surface area contributed by atoms with E-state index in [2.05, 4.69) is 19.5 Å². The number of nitrogens with zero attached hydrogens (tertiary/aromatic N) is 3. The molecule has 4 nitrogen and oxygen atoms in total. The maximum atomic E-state index is 5.37. The Balaban J connectivity index is 1.94. The van der Waals surface area contributed by atoms with E-state index in [1.54, 1.807) is 0 Å². The average Bonchev–Trinajstić information content (AvgIpc) is 2.73. The van der Waals surface area contributed by atoms with E-state index in [0.717, 1.165) is 34.6 Å².